The average molecular weight is 341 g/mol. The summed E-state index contributed by atoms with van der Waals surface area (Å²) in [6.07, 6.45) is 0.980. The lowest BCUT2D eigenvalue weighted by atomic mass is 9.79. The molecule has 0 aromatic heterocycles. The van der Waals surface area contributed by atoms with Gasteiger partial charge in [0.05, 0.1) is 0 Å². The van der Waals surface area contributed by atoms with Crippen molar-refractivity contribution in [3.8, 4) is 11.5 Å². The third-order valence-electron chi connectivity index (χ3n) is 5.08. The summed E-state index contributed by atoms with van der Waals surface area (Å²) in [5.74, 6) is 0.957. The Morgan fingerprint density at radius 3 is 2.24 bits per heavy atom. The summed E-state index contributed by atoms with van der Waals surface area (Å²) >= 11 is 0. The molecule has 1 unspecified atom stereocenters. The molecule has 0 aliphatic carbocycles. The van der Waals surface area contributed by atoms with E-state index in [4.69, 9.17) is 4.74 Å². The molecule has 0 fully saturated rings. The number of hydrogen-bond donors (Lipinski definition) is 1. The highest BCUT2D eigenvalue weighted by molar-refractivity contribution is 5.41. The van der Waals surface area contributed by atoms with E-state index in [2.05, 4.69) is 72.7 Å². The Morgan fingerprint density at radius 2 is 1.64 bits per heavy atom. The molecule has 0 amide bonds. The van der Waals surface area contributed by atoms with Crippen LogP contribution < -0.4 is 4.74 Å². The summed E-state index contributed by atoms with van der Waals surface area (Å²) in [5.41, 5.74) is 3.65. The van der Waals surface area contributed by atoms with Gasteiger partial charge in [-0.05, 0) is 53.0 Å². The summed E-state index contributed by atoms with van der Waals surface area (Å²) in [5, 5.41) is 10.1. The number of rotatable bonds is 5. The summed E-state index contributed by atoms with van der Waals surface area (Å²) in [6.45, 7) is 15.2. The zero-order valence-corrected chi connectivity index (χ0v) is 16.7. The van der Waals surface area contributed by atoms with Crippen LogP contribution in [-0.2, 0) is 10.8 Å². The summed E-state index contributed by atoms with van der Waals surface area (Å²) in [7, 11) is 0. The second-order valence-corrected chi connectivity index (χ2v) is 8.55. The van der Waals surface area contributed by atoms with Gasteiger partial charge < -0.3 is 9.84 Å². The number of ether oxygens (including phenoxy) is 1. The molecule has 0 aliphatic heterocycles. The van der Waals surface area contributed by atoms with Crippen LogP contribution >= 0.6 is 0 Å². The van der Waals surface area contributed by atoms with E-state index in [1.54, 1.807) is 6.07 Å². The number of aromatic hydroxyl groups is 1. The van der Waals surface area contributed by atoms with Crippen LogP contribution in [0.4, 0.5) is 0 Å². The van der Waals surface area contributed by atoms with Crippen molar-refractivity contribution in [2.45, 2.75) is 71.8 Å². The van der Waals surface area contributed by atoms with Gasteiger partial charge in [0.15, 0.2) is 0 Å². The zero-order valence-electron chi connectivity index (χ0n) is 16.7. The standard InChI is InChI=1S/C23H32O2/c1-8-23(6,7)21-12-10-9-11-20(21)16(2)25-19-14-17(22(3,4)5)13-18(24)15-19/h9-16,24H,8H2,1-7H3. The van der Waals surface area contributed by atoms with Crippen molar-refractivity contribution in [3.63, 3.8) is 0 Å². The largest absolute Gasteiger partial charge is 0.508 e. The van der Waals surface area contributed by atoms with E-state index in [9.17, 15) is 5.11 Å². The fraction of sp³-hybridized carbons (Fsp3) is 0.478. The highest BCUT2D eigenvalue weighted by atomic mass is 16.5. The monoisotopic (exact) mass is 340 g/mol. The van der Waals surface area contributed by atoms with Gasteiger partial charge in [0, 0.05) is 6.07 Å². The van der Waals surface area contributed by atoms with E-state index in [-0.39, 0.29) is 22.7 Å². The topological polar surface area (TPSA) is 29.5 Å². The first kappa shape index (κ1) is 19.4. The molecular weight excluding hydrogens is 308 g/mol. The van der Waals surface area contributed by atoms with Crippen LogP contribution in [0.1, 0.15) is 77.7 Å². The molecular formula is C23H32O2. The lowest BCUT2D eigenvalue weighted by molar-refractivity contribution is 0.222. The van der Waals surface area contributed by atoms with Crippen molar-refractivity contribution >= 4 is 0 Å². The number of benzene rings is 2. The minimum atomic E-state index is -0.0864. The fourth-order valence-corrected chi connectivity index (χ4v) is 3.01. The van der Waals surface area contributed by atoms with Gasteiger partial charge in [-0.25, -0.2) is 0 Å². The quantitative estimate of drug-likeness (QED) is 0.671. The summed E-state index contributed by atoms with van der Waals surface area (Å²) < 4.78 is 6.24. The Labute approximate surface area is 152 Å². The Morgan fingerprint density at radius 1 is 1.00 bits per heavy atom. The van der Waals surface area contributed by atoms with Gasteiger partial charge in [-0.2, -0.15) is 0 Å². The summed E-state index contributed by atoms with van der Waals surface area (Å²) in [4.78, 5) is 0. The molecule has 0 radical (unpaired) electrons. The average Bonchev–Trinajstić information content (AvgIpc) is 2.53. The SMILES string of the molecule is CCC(C)(C)c1ccccc1C(C)Oc1cc(O)cc(C(C)(C)C)c1. The van der Waals surface area contributed by atoms with Crippen molar-refractivity contribution < 1.29 is 9.84 Å². The lowest BCUT2D eigenvalue weighted by Gasteiger charge is -2.29. The Kier molecular flexibility index (Phi) is 5.51. The van der Waals surface area contributed by atoms with Crippen LogP contribution in [0, 0.1) is 0 Å². The Bertz CT molecular complexity index is 723. The van der Waals surface area contributed by atoms with Crippen LogP contribution in [0.3, 0.4) is 0 Å². The van der Waals surface area contributed by atoms with Crippen molar-refractivity contribution in [2.24, 2.45) is 0 Å². The van der Waals surface area contributed by atoms with Gasteiger partial charge in [-0.1, -0.05) is 65.8 Å². The second kappa shape index (κ2) is 7.11. The van der Waals surface area contributed by atoms with Crippen molar-refractivity contribution in [3.05, 3.63) is 59.2 Å². The molecule has 2 aromatic carbocycles. The van der Waals surface area contributed by atoms with Gasteiger partial charge in [-0.15, -0.1) is 0 Å². The van der Waals surface area contributed by atoms with Crippen molar-refractivity contribution in [1.29, 1.82) is 0 Å². The molecule has 0 aliphatic rings. The minimum absolute atomic E-state index is 0.0395. The molecule has 0 spiro atoms. The normalized spacial score (nSPS) is 13.6. The smallest absolute Gasteiger partial charge is 0.124 e. The van der Waals surface area contributed by atoms with Crippen LogP contribution in [-0.4, -0.2) is 5.11 Å². The zero-order chi connectivity index (χ0) is 18.8. The first-order valence-electron chi connectivity index (χ1n) is 9.15. The van der Waals surface area contributed by atoms with Crippen LogP contribution in [0.15, 0.2) is 42.5 Å². The van der Waals surface area contributed by atoms with E-state index in [0.717, 1.165) is 12.0 Å². The maximum Gasteiger partial charge on any atom is 0.124 e. The van der Waals surface area contributed by atoms with E-state index in [1.807, 2.05) is 12.1 Å². The molecule has 25 heavy (non-hydrogen) atoms. The maximum absolute atomic E-state index is 10.1. The van der Waals surface area contributed by atoms with Gasteiger partial charge >= 0.3 is 0 Å². The third-order valence-corrected chi connectivity index (χ3v) is 5.08. The molecule has 0 saturated carbocycles. The molecule has 1 atom stereocenters. The molecule has 2 nitrogen and oxygen atoms in total. The van der Waals surface area contributed by atoms with E-state index < -0.39 is 0 Å². The third kappa shape index (κ3) is 4.56. The van der Waals surface area contributed by atoms with E-state index in [1.165, 1.54) is 11.1 Å². The Balaban J connectivity index is 2.36. The summed E-state index contributed by atoms with van der Waals surface area (Å²) in [6, 6.07) is 14.0. The first-order valence-corrected chi connectivity index (χ1v) is 9.15. The molecule has 0 bridgehead atoms. The predicted molar refractivity (Wildman–Crippen MR) is 106 cm³/mol. The predicted octanol–water partition coefficient (Wildman–Crippen LogP) is 6.52. The second-order valence-electron chi connectivity index (χ2n) is 8.55. The first-order chi connectivity index (χ1) is 11.5. The molecule has 2 heteroatoms. The van der Waals surface area contributed by atoms with Crippen molar-refractivity contribution in [1.82, 2.24) is 0 Å². The van der Waals surface area contributed by atoms with E-state index >= 15 is 0 Å². The molecule has 2 rings (SSSR count). The highest BCUT2D eigenvalue weighted by Crippen LogP contribution is 2.36. The minimum Gasteiger partial charge on any atom is -0.508 e. The molecule has 1 N–H and O–H groups in total. The van der Waals surface area contributed by atoms with Crippen LogP contribution in [0.5, 0.6) is 11.5 Å². The highest BCUT2D eigenvalue weighted by Gasteiger charge is 2.24. The van der Waals surface area contributed by atoms with Gasteiger partial charge in [-0.3, -0.25) is 0 Å². The maximum atomic E-state index is 10.1. The van der Waals surface area contributed by atoms with Crippen LogP contribution in [0.25, 0.3) is 0 Å². The lowest BCUT2D eigenvalue weighted by Crippen LogP contribution is -2.20. The number of hydrogen-bond acceptors (Lipinski definition) is 2. The van der Waals surface area contributed by atoms with Crippen molar-refractivity contribution in [2.75, 3.05) is 0 Å². The van der Waals surface area contributed by atoms with Gasteiger partial charge in [0.1, 0.15) is 17.6 Å². The van der Waals surface area contributed by atoms with E-state index in [0.29, 0.717) is 5.75 Å². The fourth-order valence-electron chi connectivity index (χ4n) is 3.01. The molecule has 2 aromatic rings. The van der Waals surface area contributed by atoms with Gasteiger partial charge in [0.2, 0.25) is 0 Å². The molecule has 0 saturated heterocycles. The molecule has 136 valence electrons. The van der Waals surface area contributed by atoms with Gasteiger partial charge in [0.25, 0.3) is 0 Å². The number of phenolic OH excluding ortho intramolecular Hbond substituents is 1. The van der Waals surface area contributed by atoms with Crippen LogP contribution in [0.2, 0.25) is 0 Å². The molecule has 0 heterocycles. The number of phenols is 1. The Hall–Kier alpha value is -1.96.